The zero-order valence-corrected chi connectivity index (χ0v) is 10.7. The van der Waals surface area contributed by atoms with Gasteiger partial charge in [-0.1, -0.05) is 34.6 Å². The van der Waals surface area contributed by atoms with Crippen LogP contribution in [0.5, 0.6) is 0 Å². The average Bonchev–Trinajstić information content (AvgIpc) is 1.97. The molecule has 1 N–H and O–H groups in total. The van der Waals surface area contributed by atoms with Crippen LogP contribution in [0.2, 0.25) is 0 Å². The maximum Gasteiger partial charge on any atom is 0.227 e. The number of carbonyl (C=O) groups is 2. The van der Waals surface area contributed by atoms with E-state index in [9.17, 15) is 9.59 Å². The molecular formula is C12H23NO2. The van der Waals surface area contributed by atoms with Crippen molar-refractivity contribution in [3.8, 4) is 0 Å². The van der Waals surface area contributed by atoms with Gasteiger partial charge in [0.25, 0.3) is 0 Å². The van der Waals surface area contributed by atoms with Crippen molar-refractivity contribution >= 4 is 11.7 Å². The summed E-state index contributed by atoms with van der Waals surface area (Å²) in [5.41, 5.74) is 0.135. The Hall–Kier alpha value is -0.860. The summed E-state index contributed by atoms with van der Waals surface area (Å²) in [7, 11) is 0. The third kappa shape index (κ3) is 4.96. The summed E-state index contributed by atoms with van der Waals surface area (Å²) in [6.07, 6.45) is -0.0137. The highest BCUT2D eigenvalue weighted by Crippen LogP contribution is 2.36. The van der Waals surface area contributed by atoms with Crippen molar-refractivity contribution in [1.82, 2.24) is 5.32 Å². The Morgan fingerprint density at radius 2 is 1.53 bits per heavy atom. The molecule has 1 amide bonds. The third-order valence-corrected chi connectivity index (χ3v) is 3.17. The molecule has 0 aromatic carbocycles. The standard InChI is InChI=1S/C12H23NO2/c1-9(14)7-10(15)13-8-12(5,6)11(2,3)4/h7-8H2,1-6H3,(H,13,15). The van der Waals surface area contributed by atoms with Gasteiger partial charge in [0.05, 0.1) is 6.42 Å². The predicted octanol–water partition coefficient (Wildman–Crippen LogP) is 2.15. The predicted molar refractivity (Wildman–Crippen MR) is 61.5 cm³/mol. The monoisotopic (exact) mass is 213 g/mol. The number of hydrogen-bond acceptors (Lipinski definition) is 2. The second-order valence-corrected chi connectivity index (χ2v) is 5.79. The zero-order valence-electron chi connectivity index (χ0n) is 10.7. The van der Waals surface area contributed by atoms with Gasteiger partial charge < -0.3 is 5.32 Å². The van der Waals surface area contributed by atoms with Gasteiger partial charge in [-0.2, -0.15) is 0 Å². The first kappa shape index (κ1) is 14.1. The number of Topliss-reactive ketones (excluding diaryl/α,β-unsaturated/α-hetero) is 1. The van der Waals surface area contributed by atoms with Crippen LogP contribution in [0.4, 0.5) is 0 Å². The summed E-state index contributed by atoms with van der Waals surface area (Å²) in [6, 6.07) is 0. The van der Waals surface area contributed by atoms with Crippen molar-refractivity contribution in [2.45, 2.75) is 48.0 Å². The molecule has 0 radical (unpaired) electrons. The summed E-state index contributed by atoms with van der Waals surface area (Å²) < 4.78 is 0. The lowest BCUT2D eigenvalue weighted by Gasteiger charge is -2.38. The van der Waals surface area contributed by atoms with Crippen LogP contribution < -0.4 is 5.32 Å². The van der Waals surface area contributed by atoms with E-state index in [1.807, 2.05) is 0 Å². The van der Waals surface area contributed by atoms with Crippen LogP contribution in [0.25, 0.3) is 0 Å². The molecule has 0 unspecified atom stereocenters. The molecule has 0 aliphatic rings. The third-order valence-electron chi connectivity index (χ3n) is 3.17. The van der Waals surface area contributed by atoms with Gasteiger partial charge in [0.2, 0.25) is 5.91 Å². The first-order chi connectivity index (χ1) is 6.56. The molecule has 0 aromatic heterocycles. The van der Waals surface area contributed by atoms with Crippen LogP contribution in [-0.2, 0) is 9.59 Å². The van der Waals surface area contributed by atoms with Gasteiger partial charge in [0.15, 0.2) is 0 Å². The van der Waals surface area contributed by atoms with Crippen molar-refractivity contribution in [3.63, 3.8) is 0 Å². The van der Waals surface area contributed by atoms with Gasteiger partial charge in [-0.25, -0.2) is 0 Å². The minimum atomic E-state index is -0.181. The van der Waals surface area contributed by atoms with E-state index in [0.29, 0.717) is 6.54 Å². The summed E-state index contributed by atoms with van der Waals surface area (Å²) in [6.45, 7) is 12.7. The van der Waals surface area contributed by atoms with Gasteiger partial charge in [-0.05, 0) is 17.8 Å². The topological polar surface area (TPSA) is 46.2 Å². The minimum Gasteiger partial charge on any atom is -0.355 e. The highest BCUT2D eigenvalue weighted by molar-refractivity contribution is 5.96. The van der Waals surface area contributed by atoms with Crippen molar-refractivity contribution in [3.05, 3.63) is 0 Å². The van der Waals surface area contributed by atoms with Gasteiger partial charge >= 0.3 is 0 Å². The maximum absolute atomic E-state index is 11.3. The zero-order chi connectivity index (χ0) is 12.3. The molecule has 0 spiro atoms. The van der Waals surface area contributed by atoms with E-state index in [1.165, 1.54) is 6.92 Å². The molecule has 0 atom stereocenters. The van der Waals surface area contributed by atoms with Crippen LogP contribution in [0.3, 0.4) is 0 Å². The Labute approximate surface area is 92.6 Å². The highest BCUT2D eigenvalue weighted by atomic mass is 16.2. The van der Waals surface area contributed by atoms with E-state index < -0.39 is 0 Å². The molecule has 0 saturated heterocycles. The molecule has 0 heterocycles. The first-order valence-electron chi connectivity index (χ1n) is 5.32. The van der Waals surface area contributed by atoms with Crippen molar-refractivity contribution in [2.75, 3.05) is 6.54 Å². The van der Waals surface area contributed by atoms with Crippen LogP contribution >= 0.6 is 0 Å². The minimum absolute atomic E-state index is 0.0133. The molecule has 88 valence electrons. The summed E-state index contributed by atoms with van der Waals surface area (Å²) in [4.78, 5) is 22.0. The number of rotatable bonds is 4. The van der Waals surface area contributed by atoms with Crippen LogP contribution in [0.15, 0.2) is 0 Å². The van der Waals surface area contributed by atoms with Gasteiger partial charge in [0, 0.05) is 6.54 Å². The number of carbonyl (C=O) groups excluding carboxylic acids is 2. The van der Waals surface area contributed by atoms with Crippen LogP contribution in [0.1, 0.15) is 48.0 Å². The summed E-state index contributed by atoms with van der Waals surface area (Å²) in [5.74, 6) is -0.277. The summed E-state index contributed by atoms with van der Waals surface area (Å²) >= 11 is 0. The highest BCUT2D eigenvalue weighted by Gasteiger charge is 2.32. The van der Waals surface area contributed by atoms with E-state index in [2.05, 4.69) is 39.9 Å². The Kier molecular flexibility index (Phi) is 4.50. The smallest absolute Gasteiger partial charge is 0.227 e. The Morgan fingerprint density at radius 1 is 1.07 bits per heavy atom. The molecule has 0 aromatic rings. The normalized spacial score (nSPS) is 12.4. The van der Waals surface area contributed by atoms with Crippen LogP contribution in [0, 0.1) is 10.8 Å². The molecule has 3 nitrogen and oxygen atoms in total. The quantitative estimate of drug-likeness (QED) is 0.727. The lowest BCUT2D eigenvalue weighted by Crippen LogP contribution is -2.42. The van der Waals surface area contributed by atoms with E-state index in [0.717, 1.165) is 0 Å². The Balaban J connectivity index is 4.16. The molecule has 0 rings (SSSR count). The lowest BCUT2D eigenvalue weighted by molar-refractivity contribution is -0.127. The van der Waals surface area contributed by atoms with Crippen molar-refractivity contribution < 1.29 is 9.59 Å². The molecule has 3 heteroatoms. The largest absolute Gasteiger partial charge is 0.355 e. The second-order valence-electron chi connectivity index (χ2n) is 5.79. The van der Waals surface area contributed by atoms with Crippen LogP contribution in [-0.4, -0.2) is 18.2 Å². The molecule has 0 saturated carbocycles. The average molecular weight is 213 g/mol. The maximum atomic E-state index is 11.3. The van der Waals surface area contributed by atoms with Gasteiger partial charge in [-0.3, -0.25) is 9.59 Å². The number of hydrogen-bond donors (Lipinski definition) is 1. The lowest BCUT2D eigenvalue weighted by atomic mass is 9.69. The number of nitrogens with one attached hydrogen (secondary N) is 1. The fraction of sp³-hybridized carbons (Fsp3) is 0.833. The first-order valence-corrected chi connectivity index (χ1v) is 5.32. The van der Waals surface area contributed by atoms with E-state index >= 15 is 0 Å². The second kappa shape index (κ2) is 4.77. The SMILES string of the molecule is CC(=O)CC(=O)NCC(C)(C)C(C)(C)C. The fourth-order valence-corrected chi connectivity index (χ4v) is 0.873. The summed E-state index contributed by atoms with van der Waals surface area (Å²) in [5, 5.41) is 2.80. The molecule has 0 aliphatic carbocycles. The van der Waals surface area contributed by atoms with E-state index in [1.54, 1.807) is 0 Å². The van der Waals surface area contributed by atoms with Crippen molar-refractivity contribution in [2.24, 2.45) is 10.8 Å². The fourth-order valence-electron chi connectivity index (χ4n) is 0.873. The molecule has 0 bridgehead atoms. The van der Waals surface area contributed by atoms with E-state index in [-0.39, 0.29) is 28.9 Å². The number of amides is 1. The Morgan fingerprint density at radius 3 is 1.87 bits per heavy atom. The molecule has 15 heavy (non-hydrogen) atoms. The van der Waals surface area contributed by atoms with E-state index in [4.69, 9.17) is 0 Å². The van der Waals surface area contributed by atoms with Gasteiger partial charge in [0.1, 0.15) is 5.78 Å². The number of ketones is 1. The Bertz CT molecular complexity index is 249. The molecule has 0 fully saturated rings. The molecule has 0 aliphatic heterocycles. The van der Waals surface area contributed by atoms with Crippen molar-refractivity contribution in [1.29, 1.82) is 0 Å². The molecular weight excluding hydrogens is 190 g/mol. The van der Waals surface area contributed by atoms with Gasteiger partial charge in [-0.15, -0.1) is 0 Å².